The predicted molar refractivity (Wildman–Crippen MR) is 73.0 cm³/mol. The summed E-state index contributed by atoms with van der Waals surface area (Å²) in [6.45, 7) is 1.82. The molecule has 100 valence electrons. The van der Waals surface area contributed by atoms with Gasteiger partial charge in [0.05, 0.1) is 19.3 Å². The first kappa shape index (κ1) is 13.7. The molecular weight excluding hydrogens is 315 g/mol. The maximum Gasteiger partial charge on any atom is 0.299 e. The number of halogens is 2. The fourth-order valence-electron chi connectivity index (χ4n) is 1.81. The second-order valence-electron chi connectivity index (χ2n) is 4.00. The molecule has 0 aliphatic heterocycles. The largest absolute Gasteiger partial charge is 0.468 e. The number of aromatic nitrogens is 2. The van der Waals surface area contributed by atoms with Crippen LogP contribution in [0.2, 0.25) is 0 Å². The van der Waals surface area contributed by atoms with Gasteiger partial charge in [-0.2, -0.15) is 0 Å². The second-order valence-corrected chi connectivity index (χ2v) is 4.85. The lowest BCUT2D eigenvalue weighted by molar-refractivity contribution is 0.338. The average Bonchev–Trinajstić information content (AvgIpc) is 2.42. The highest BCUT2D eigenvalue weighted by atomic mass is 79.9. The summed E-state index contributed by atoms with van der Waals surface area (Å²) in [5.41, 5.74) is 0.547. The van der Waals surface area contributed by atoms with Crippen LogP contribution in [0.15, 0.2) is 39.7 Å². The van der Waals surface area contributed by atoms with Crippen LogP contribution in [0.3, 0.4) is 0 Å². The van der Waals surface area contributed by atoms with Crippen molar-refractivity contribution in [1.29, 1.82) is 0 Å². The van der Waals surface area contributed by atoms with Crippen molar-refractivity contribution in [3.63, 3.8) is 0 Å². The molecule has 1 unspecified atom stereocenters. The average molecular weight is 327 g/mol. The van der Waals surface area contributed by atoms with Crippen molar-refractivity contribution in [2.45, 2.75) is 13.0 Å². The molecule has 0 aliphatic rings. The Morgan fingerprint density at radius 2 is 2.00 bits per heavy atom. The topological polar surface area (TPSA) is 44.1 Å². The summed E-state index contributed by atoms with van der Waals surface area (Å²) in [4.78, 5) is 16.2. The number of benzene rings is 1. The molecule has 2 aromatic rings. The summed E-state index contributed by atoms with van der Waals surface area (Å²) >= 11 is 3.15. The first-order valence-corrected chi connectivity index (χ1v) is 6.40. The number of nitrogens with zero attached hydrogens (tertiary/aromatic N) is 2. The lowest BCUT2D eigenvalue weighted by atomic mass is 10.1. The fraction of sp³-hybridized carbons (Fsp3) is 0.231. The van der Waals surface area contributed by atoms with E-state index in [4.69, 9.17) is 4.74 Å². The molecule has 0 amide bonds. The molecule has 0 bridgehead atoms. The molecule has 1 aromatic heterocycles. The Morgan fingerprint density at radius 1 is 1.37 bits per heavy atom. The van der Waals surface area contributed by atoms with Crippen LogP contribution in [0.4, 0.5) is 4.39 Å². The van der Waals surface area contributed by atoms with E-state index in [1.807, 2.05) is 6.92 Å². The van der Waals surface area contributed by atoms with Gasteiger partial charge < -0.3 is 4.74 Å². The van der Waals surface area contributed by atoms with Gasteiger partial charge in [0.1, 0.15) is 10.3 Å². The third-order valence-corrected chi connectivity index (χ3v) is 3.38. The van der Waals surface area contributed by atoms with Crippen LogP contribution < -0.4 is 10.3 Å². The molecule has 1 heterocycles. The normalized spacial score (nSPS) is 12.2. The molecule has 0 fully saturated rings. The van der Waals surface area contributed by atoms with Crippen LogP contribution in [0, 0.1) is 5.82 Å². The second kappa shape index (κ2) is 5.52. The number of hydrogen-bond acceptors (Lipinski definition) is 3. The van der Waals surface area contributed by atoms with Gasteiger partial charge in [-0.1, -0.05) is 12.1 Å². The zero-order valence-electron chi connectivity index (χ0n) is 10.4. The summed E-state index contributed by atoms with van der Waals surface area (Å²) in [5.74, 6) is -0.317. The van der Waals surface area contributed by atoms with E-state index in [1.54, 1.807) is 12.1 Å². The molecule has 0 spiro atoms. The van der Waals surface area contributed by atoms with Crippen molar-refractivity contribution in [2.75, 3.05) is 7.11 Å². The molecule has 19 heavy (non-hydrogen) atoms. The quantitative estimate of drug-likeness (QED) is 0.871. The molecule has 1 aromatic carbocycles. The maximum atomic E-state index is 12.9. The first-order chi connectivity index (χ1) is 9.04. The number of methoxy groups -OCH3 is 1. The van der Waals surface area contributed by atoms with Gasteiger partial charge in [0.25, 0.3) is 11.6 Å². The summed E-state index contributed by atoms with van der Waals surface area (Å²) in [6, 6.07) is 5.88. The molecule has 0 N–H and O–H groups in total. The lowest BCUT2D eigenvalue weighted by Gasteiger charge is -2.18. The Labute approximate surface area is 118 Å². The summed E-state index contributed by atoms with van der Waals surface area (Å²) < 4.78 is 19.8. The van der Waals surface area contributed by atoms with Crippen LogP contribution in [0.5, 0.6) is 6.01 Å². The van der Waals surface area contributed by atoms with Crippen molar-refractivity contribution < 1.29 is 9.13 Å². The molecule has 0 radical (unpaired) electrons. The Balaban J connectivity index is 2.54. The minimum atomic E-state index is -0.317. The van der Waals surface area contributed by atoms with Crippen molar-refractivity contribution in [1.82, 2.24) is 9.55 Å². The maximum absolute atomic E-state index is 12.9. The molecule has 2 rings (SSSR count). The highest BCUT2D eigenvalue weighted by Gasteiger charge is 2.17. The standard InChI is InChI=1S/C13H12BrFN2O2/c1-8(9-3-5-10(15)6-4-9)17-12(18)11(14)7-16-13(17)19-2/h3-8H,1-2H3. The molecule has 6 heteroatoms. The van der Waals surface area contributed by atoms with Gasteiger partial charge in [0.15, 0.2) is 0 Å². The summed E-state index contributed by atoms with van der Waals surface area (Å²) in [5, 5.41) is 0. The number of ether oxygens (including phenoxy) is 1. The Kier molecular flexibility index (Phi) is 3.99. The molecule has 1 atom stereocenters. The van der Waals surface area contributed by atoms with Crippen LogP contribution in [0.25, 0.3) is 0 Å². The molecular formula is C13H12BrFN2O2. The fourth-order valence-corrected chi connectivity index (χ4v) is 2.11. The predicted octanol–water partition coefficient (Wildman–Crippen LogP) is 2.76. The van der Waals surface area contributed by atoms with Crippen molar-refractivity contribution in [3.05, 3.63) is 56.7 Å². The van der Waals surface area contributed by atoms with Crippen molar-refractivity contribution >= 4 is 15.9 Å². The SMILES string of the molecule is COc1ncc(Br)c(=O)n1C(C)c1ccc(F)cc1. The van der Waals surface area contributed by atoms with Gasteiger partial charge in [-0.3, -0.25) is 9.36 Å². The van der Waals surface area contributed by atoms with Gasteiger partial charge in [0.2, 0.25) is 0 Å². The highest BCUT2D eigenvalue weighted by molar-refractivity contribution is 9.10. The van der Waals surface area contributed by atoms with Crippen LogP contribution in [0.1, 0.15) is 18.5 Å². The van der Waals surface area contributed by atoms with Crippen LogP contribution >= 0.6 is 15.9 Å². The van der Waals surface area contributed by atoms with Gasteiger partial charge in [-0.15, -0.1) is 0 Å². The minimum absolute atomic E-state index is 0.213. The van der Waals surface area contributed by atoms with E-state index in [-0.39, 0.29) is 23.4 Å². The Bertz CT molecular complexity index is 640. The molecule has 4 nitrogen and oxygen atoms in total. The monoisotopic (exact) mass is 326 g/mol. The summed E-state index contributed by atoms with van der Waals surface area (Å²) in [6.07, 6.45) is 1.40. The Hall–Kier alpha value is -1.69. The van der Waals surface area contributed by atoms with E-state index in [2.05, 4.69) is 20.9 Å². The number of rotatable bonds is 3. The third kappa shape index (κ3) is 2.68. The van der Waals surface area contributed by atoms with Crippen molar-refractivity contribution in [3.8, 4) is 6.01 Å². The zero-order valence-corrected chi connectivity index (χ0v) is 12.0. The lowest BCUT2D eigenvalue weighted by Crippen LogP contribution is -2.26. The van der Waals surface area contributed by atoms with Gasteiger partial charge in [0, 0.05) is 0 Å². The van der Waals surface area contributed by atoms with Crippen LogP contribution in [-0.2, 0) is 0 Å². The van der Waals surface area contributed by atoms with E-state index in [0.717, 1.165) is 5.56 Å². The molecule has 0 aliphatic carbocycles. The van der Waals surface area contributed by atoms with E-state index in [1.165, 1.54) is 30.0 Å². The smallest absolute Gasteiger partial charge is 0.299 e. The highest BCUT2D eigenvalue weighted by Crippen LogP contribution is 2.21. The van der Waals surface area contributed by atoms with E-state index in [9.17, 15) is 9.18 Å². The van der Waals surface area contributed by atoms with Gasteiger partial charge in [-0.05, 0) is 40.5 Å². The molecule has 0 saturated carbocycles. The number of hydrogen-bond donors (Lipinski definition) is 0. The third-order valence-electron chi connectivity index (χ3n) is 2.84. The van der Waals surface area contributed by atoms with E-state index in [0.29, 0.717) is 4.47 Å². The Morgan fingerprint density at radius 3 is 2.58 bits per heavy atom. The van der Waals surface area contributed by atoms with Crippen LogP contribution in [-0.4, -0.2) is 16.7 Å². The zero-order chi connectivity index (χ0) is 14.0. The first-order valence-electron chi connectivity index (χ1n) is 5.61. The molecule has 0 saturated heterocycles. The van der Waals surface area contributed by atoms with E-state index >= 15 is 0 Å². The minimum Gasteiger partial charge on any atom is -0.468 e. The summed E-state index contributed by atoms with van der Waals surface area (Å²) in [7, 11) is 1.45. The van der Waals surface area contributed by atoms with E-state index < -0.39 is 0 Å². The van der Waals surface area contributed by atoms with Gasteiger partial charge in [-0.25, -0.2) is 9.37 Å². The van der Waals surface area contributed by atoms with Gasteiger partial charge >= 0.3 is 0 Å². The van der Waals surface area contributed by atoms with Crippen molar-refractivity contribution in [2.24, 2.45) is 0 Å².